The summed E-state index contributed by atoms with van der Waals surface area (Å²) in [4.78, 5) is 6.94. The van der Waals surface area contributed by atoms with Crippen molar-refractivity contribution >= 4 is 15.9 Å². The van der Waals surface area contributed by atoms with Crippen molar-refractivity contribution < 1.29 is 0 Å². The van der Waals surface area contributed by atoms with Gasteiger partial charge in [-0.05, 0) is 39.4 Å². The number of nitrogens with one attached hydrogen (secondary N) is 1. The fraction of sp³-hybridized carbons (Fsp3) is 0.706. The summed E-state index contributed by atoms with van der Waals surface area (Å²) >= 11 is 3.52. The first-order valence-corrected chi connectivity index (χ1v) is 8.87. The fourth-order valence-electron chi connectivity index (χ4n) is 3.14. The van der Waals surface area contributed by atoms with Crippen molar-refractivity contribution in [3.8, 4) is 0 Å². The van der Waals surface area contributed by atoms with E-state index in [9.17, 15) is 0 Å². The zero-order valence-corrected chi connectivity index (χ0v) is 15.2. The van der Waals surface area contributed by atoms with Gasteiger partial charge in [-0.2, -0.15) is 0 Å². The van der Waals surface area contributed by atoms with Crippen molar-refractivity contribution in [1.29, 1.82) is 0 Å². The van der Waals surface area contributed by atoms with Crippen LogP contribution in [0.2, 0.25) is 0 Å². The molecule has 2 heterocycles. The SMILES string of the molecule is CCC(C)C1CN(Cc2cncc(Br)c2)C(C(C)C)CN1. The maximum absolute atomic E-state index is 4.30. The minimum atomic E-state index is 0.601. The molecule has 3 atom stereocenters. The predicted molar refractivity (Wildman–Crippen MR) is 92.2 cm³/mol. The van der Waals surface area contributed by atoms with Crippen LogP contribution in [-0.2, 0) is 6.54 Å². The van der Waals surface area contributed by atoms with Gasteiger partial charge in [-0.1, -0.05) is 34.1 Å². The summed E-state index contributed by atoms with van der Waals surface area (Å²) in [6.45, 7) is 12.5. The van der Waals surface area contributed by atoms with Gasteiger partial charge in [0.05, 0.1) is 0 Å². The van der Waals surface area contributed by atoms with E-state index in [0.29, 0.717) is 18.0 Å². The summed E-state index contributed by atoms with van der Waals surface area (Å²) in [5, 5.41) is 3.76. The van der Waals surface area contributed by atoms with E-state index in [1.54, 1.807) is 0 Å². The van der Waals surface area contributed by atoms with Crippen LogP contribution in [0.1, 0.15) is 39.7 Å². The Morgan fingerprint density at radius 1 is 1.38 bits per heavy atom. The smallest absolute Gasteiger partial charge is 0.0410 e. The van der Waals surface area contributed by atoms with Crippen LogP contribution in [0.25, 0.3) is 0 Å². The zero-order chi connectivity index (χ0) is 15.4. The summed E-state index contributed by atoms with van der Waals surface area (Å²) in [6.07, 6.45) is 5.07. The second-order valence-corrected chi connectivity index (χ2v) is 7.57. The second kappa shape index (κ2) is 7.70. The first kappa shape index (κ1) is 16.9. The molecule has 21 heavy (non-hydrogen) atoms. The third-order valence-corrected chi connectivity index (χ3v) is 5.17. The molecule has 0 saturated carbocycles. The van der Waals surface area contributed by atoms with Crippen LogP contribution in [0.3, 0.4) is 0 Å². The highest BCUT2D eigenvalue weighted by atomic mass is 79.9. The second-order valence-electron chi connectivity index (χ2n) is 6.65. The van der Waals surface area contributed by atoms with E-state index in [4.69, 9.17) is 0 Å². The Hall–Kier alpha value is -0.450. The van der Waals surface area contributed by atoms with E-state index in [2.05, 4.69) is 64.9 Å². The van der Waals surface area contributed by atoms with E-state index in [-0.39, 0.29) is 0 Å². The summed E-state index contributed by atoms with van der Waals surface area (Å²) in [5.74, 6) is 1.39. The first-order valence-electron chi connectivity index (χ1n) is 8.08. The number of hydrogen-bond donors (Lipinski definition) is 1. The molecule has 3 unspecified atom stereocenters. The van der Waals surface area contributed by atoms with Gasteiger partial charge < -0.3 is 5.32 Å². The molecule has 1 aromatic heterocycles. The van der Waals surface area contributed by atoms with Crippen LogP contribution in [0.15, 0.2) is 22.9 Å². The molecule has 4 heteroatoms. The largest absolute Gasteiger partial charge is 0.311 e. The molecule has 0 spiro atoms. The van der Waals surface area contributed by atoms with Gasteiger partial charge in [0, 0.05) is 48.6 Å². The highest BCUT2D eigenvalue weighted by Crippen LogP contribution is 2.22. The van der Waals surface area contributed by atoms with Gasteiger partial charge in [-0.15, -0.1) is 0 Å². The Morgan fingerprint density at radius 3 is 2.76 bits per heavy atom. The molecule has 1 aliphatic heterocycles. The monoisotopic (exact) mass is 353 g/mol. The van der Waals surface area contributed by atoms with E-state index in [1.807, 2.05) is 12.4 Å². The number of nitrogens with zero attached hydrogens (tertiary/aromatic N) is 2. The van der Waals surface area contributed by atoms with Gasteiger partial charge >= 0.3 is 0 Å². The maximum atomic E-state index is 4.30. The summed E-state index contributed by atoms with van der Waals surface area (Å²) in [5.41, 5.74) is 1.29. The lowest BCUT2D eigenvalue weighted by Gasteiger charge is -2.44. The van der Waals surface area contributed by atoms with E-state index >= 15 is 0 Å². The number of piperazine rings is 1. The van der Waals surface area contributed by atoms with Crippen molar-refractivity contribution in [3.05, 3.63) is 28.5 Å². The number of pyridine rings is 1. The Kier molecular flexibility index (Phi) is 6.20. The fourth-order valence-corrected chi connectivity index (χ4v) is 3.55. The van der Waals surface area contributed by atoms with Crippen LogP contribution in [-0.4, -0.2) is 35.1 Å². The lowest BCUT2D eigenvalue weighted by Crippen LogP contribution is -2.59. The Morgan fingerprint density at radius 2 is 2.14 bits per heavy atom. The van der Waals surface area contributed by atoms with Crippen LogP contribution in [0, 0.1) is 11.8 Å². The standard InChI is InChI=1S/C17H28BrN3/c1-5-13(4)16-11-21(17(9-20-16)12(2)3)10-14-6-15(18)8-19-7-14/h6-8,12-13,16-17,20H,5,9-11H2,1-4H3. The normalized spacial score (nSPS) is 25.2. The molecular formula is C17H28BrN3. The maximum Gasteiger partial charge on any atom is 0.0410 e. The van der Waals surface area contributed by atoms with Gasteiger partial charge in [-0.25, -0.2) is 0 Å². The highest BCUT2D eigenvalue weighted by Gasteiger charge is 2.31. The minimum absolute atomic E-state index is 0.601. The Labute approximate surface area is 137 Å². The molecule has 3 nitrogen and oxygen atoms in total. The molecule has 0 radical (unpaired) electrons. The van der Waals surface area contributed by atoms with Crippen LogP contribution in [0.5, 0.6) is 0 Å². The molecule has 2 rings (SSSR count). The number of rotatable bonds is 5. The lowest BCUT2D eigenvalue weighted by molar-refractivity contribution is 0.0752. The molecule has 0 amide bonds. The Bertz CT molecular complexity index is 449. The quantitative estimate of drug-likeness (QED) is 0.874. The predicted octanol–water partition coefficient (Wildman–Crippen LogP) is 3.69. The molecule has 0 aliphatic carbocycles. The van der Waals surface area contributed by atoms with Crippen molar-refractivity contribution in [1.82, 2.24) is 15.2 Å². The molecule has 1 saturated heterocycles. The average molecular weight is 354 g/mol. The number of halogens is 1. The third-order valence-electron chi connectivity index (χ3n) is 4.74. The topological polar surface area (TPSA) is 28.2 Å². The highest BCUT2D eigenvalue weighted by molar-refractivity contribution is 9.10. The van der Waals surface area contributed by atoms with Crippen LogP contribution < -0.4 is 5.32 Å². The van der Waals surface area contributed by atoms with E-state index in [1.165, 1.54) is 12.0 Å². The summed E-state index contributed by atoms with van der Waals surface area (Å²) in [7, 11) is 0. The lowest BCUT2D eigenvalue weighted by atomic mass is 9.92. The molecule has 0 bridgehead atoms. The summed E-state index contributed by atoms with van der Waals surface area (Å²) < 4.78 is 1.06. The average Bonchev–Trinajstić information content (AvgIpc) is 2.46. The summed E-state index contributed by atoms with van der Waals surface area (Å²) in [6, 6.07) is 3.39. The van der Waals surface area contributed by atoms with E-state index in [0.717, 1.165) is 30.0 Å². The van der Waals surface area contributed by atoms with Crippen molar-refractivity contribution in [2.24, 2.45) is 11.8 Å². The molecule has 118 valence electrons. The number of hydrogen-bond acceptors (Lipinski definition) is 3. The van der Waals surface area contributed by atoms with Gasteiger partial charge in [0.25, 0.3) is 0 Å². The zero-order valence-electron chi connectivity index (χ0n) is 13.6. The molecule has 0 aromatic carbocycles. The van der Waals surface area contributed by atoms with Crippen LogP contribution in [0.4, 0.5) is 0 Å². The van der Waals surface area contributed by atoms with Gasteiger partial charge in [0.1, 0.15) is 0 Å². The van der Waals surface area contributed by atoms with Crippen molar-refractivity contribution in [2.75, 3.05) is 13.1 Å². The Balaban J connectivity index is 2.10. The molecule has 1 fully saturated rings. The first-order chi connectivity index (χ1) is 10.0. The van der Waals surface area contributed by atoms with Gasteiger partial charge in [0.15, 0.2) is 0 Å². The molecule has 1 aromatic rings. The van der Waals surface area contributed by atoms with Gasteiger partial charge in [-0.3, -0.25) is 9.88 Å². The third kappa shape index (κ3) is 4.51. The van der Waals surface area contributed by atoms with Crippen molar-refractivity contribution in [2.45, 2.75) is 52.7 Å². The molecule has 1 aliphatic rings. The number of aromatic nitrogens is 1. The molecular weight excluding hydrogens is 326 g/mol. The van der Waals surface area contributed by atoms with Crippen LogP contribution >= 0.6 is 15.9 Å². The van der Waals surface area contributed by atoms with Gasteiger partial charge in [0.2, 0.25) is 0 Å². The minimum Gasteiger partial charge on any atom is -0.311 e. The van der Waals surface area contributed by atoms with E-state index < -0.39 is 0 Å². The molecule has 1 N–H and O–H groups in total. The van der Waals surface area contributed by atoms with Crippen molar-refractivity contribution in [3.63, 3.8) is 0 Å².